The summed E-state index contributed by atoms with van der Waals surface area (Å²) in [6.45, 7) is 4.36. The fourth-order valence-electron chi connectivity index (χ4n) is 1.41. The first-order valence-corrected chi connectivity index (χ1v) is 4.30. The van der Waals surface area contributed by atoms with E-state index >= 15 is 0 Å². The van der Waals surface area contributed by atoms with Gasteiger partial charge in [-0.15, -0.1) is 0 Å². The van der Waals surface area contributed by atoms with Crippen LogP contribution in [-0.4, -0.2) is 31.1 Å². The number of likely N-dealkylation sites (N-methyl/N-ethyl adjacent to an activating group) is 1. The topological polar surface area (TPSA) is 29.3 Å². The lowest BCUT2D eigenvalue weighted by atomic mass is 10.0. The number of hydrogen-bond acceptors (Lipinski definition) is 2. The van der Waals surface area contributed by atoms with E-state index in [1.807, 2.05) is 0 Å². The maximum Gasteiger partial charge on any atom is 0.0162 e. The van der Waals surface area contributed by atoms with Gasteiger partial charge in [0.15, 0.2) is 0 Å². The predicted molar refractivity (Wildman–Crippen MR) is 48.5 cm³/mol. The molecule has 0 radical (unpaired) electrons. The van der Waals surface area contributed by atoms with Crippen molar-refractivity contribution in [3.8, 4) is 0 Å². The van der Waals surface area contributed by atoms with Crippen molar-refractivity contribution in [2.75, 3.05) is 20.1 Å². The lowest BCUT2D eigenvalue weighted by Crippen LogP contribution is -2.26. The predicted octanol–water partition coefficient (Wildman–Crippen LogP) is 0.986. The monoisotopic (exact) mass is 154 g/mol. The molecule has 2 nitrogen and oxygen atoms in total. The summed E-state index contributed by atoms with van der Waals surface area (Å²) in [5, 5.41) is 0. The SMILES string of the molecule is CC(N)CC1=CCN(C)CC1. The number of nitrogens with two attached hydrogens (primary N) is 1. The molecule has 11 heavy (non-hydrogen) atoms. The highest BCUT2D eigenvalue weighted by molar-refractivity contribution is 5.08. The Bertz CT molecular complexity index is 150. The molecule has 0 fully saturated rings. The summed E-state index contributed by atoms with van der Waals surface area (Å²) in [6.07, 6.45) is 4.60. The van der Waals surface area contributed by atoms with E-state index in [2.05, 4.69) is 24.9 Å². The molecule has 1 aliphatic rings. The van der Waals surface area contributed by atoms with E-state index < -0.39 is 0 Å². The van der Waals surface area contributed by atoms with Crippen LogP contribution in [0, 0.1) is 0 Å². The maximum atomic E-state index is 5.70. The Morgan fingerprint density at radius 2 is 2.45 bits per heavy atom. The highest BCUT2D eigenvalue weighted by Gasteiger charge is 2.08. The minimum absolute atomic E-state index is 0.324. The molecule has 1 heterocycles. The second-order valence-corrected chi connectivity index (χ2v) is 3.56. The first-order valence-electron chi connectivity index (χ1n) is 4.30. The zero-order valence-electron chi connectivity index (χ0n) is 7.51. The molecule has 0 aromatic heterocycles. The van der Waals surface area contributed by atoms with Crippen LogP contribution in [-0.2, 0) is 0 Å². The van der Waals surface area contributed by atoms with E-state index in [-0.39, 0.29) is 0 Å². The minimum atomic E-state index is 0.324. The van der Waals surface area contributed by atoms with Gasteiger partial charge in [0.1, 0.15) is 0 Å². The standard InChI is InChI=1S/C9H18N2/c1-8(10)7-9-3-5-11(2)6-4-9/h3,8H,4-7,10H2,1-2H3. The van der Waals surface area contributed by atoms with E-state index in [0.717, 1.165) is 13.0 Å². The molecular formula is C9H18N2. The zero-order valence-corrected chi connectivity index (χ0v) is 7.51. The quantitative estimate of drug-likeness (QED) is 0.601. The Hall–Kier alpha value is -0.340. The van der Waals surface area contributed by atoms with Crippen molar-refractivity contribution in [2.24, 2.45) is 5.73 Å². The van der Waals surface area contributed by atoms with Gasteiger partial charge in [0.05, 0.1) is 0 Å². The molecule has 64 valence electrons. The van der Waals surface area contributed by atoms with E-state index in [4.69, 9.17) is 5.73 Å². The van der Waals surface area contributed by atoms with Crippen molar-refractivity contribution in [3.63, 3.8) is 0 Å². The summed E-state index contributed by atoms with van der Waals surface area (Å²) in [5.41, 5.74) is 7.24. The van der Waals surface area contributed by atoms with Gasteiger partial charge < -0.3 is 10.6 Å². The van der Waals surface area contributed by atoms with Crippen molar-refractivity contribution in [3.05, 3.63) is 11.6 Å². The lowest BCUT2D eigenvalue weighted by Gasteiger charge is -2.22. The number of nitrogens with zero attached hydrogens (tertiary/aromatic N) is 1. The van der Waals surface area contributed by atoms with Crippen molar-refractivity contribution in [1.29, 1.82) is 0 Å². The fraction of sp³-hybridized carbons (Fsp3) is 0.778. The van der Waals surface area contributed by atoms with E-state index in [9.17, 15) is 0 Å². The molecule has 0 aromatic rings. The van der Waals surface area contributed by atoms with Gasteiger partial charge in [0, 0.05) is 19.1 Å². The van der Waals surface area contributed by atoms with Crippen LogP contribution in [0.4, 0.5) is 0 Å². The van der Waals surface area contributed by atoms with Crippen LogP contribution >= 0.6 is 0 Å². The molecule has 0 bridgehead atoms. The third kappa shape index (κ3) is 3.04. The van der Waals surface area contributed by atoms with Crippen LogP contribution in [0.15, 0.2) is 11.6 Å². The average Bonchev–Trinajstić information content (AvgIpc) is 1.93. The van der Waals surface area contributed by atoms with Crippen LogP contribution < -0.4 is 5.73 Å². The summed E-state index contributed by atoms with van der Waals surface area (Å²) in [7, 11) is 2.15. The first-order chi connectivity index (χ1) is 5.18. The summed E-state index contributed by atoms with van der Waals surface area (Å²) in [5.74, 6) is 0. The normalized spacial score (nSPS) is 23.0. The third-order valence-electron chi connectivity index (χ3n) is 2.09. The van der Waals surface area contributed by atoms with Gasteiger partial charge in [-0.2, -0.15) is 0 Å². The summed E-state index contributed by atoms with van der Waals surface area (Å²) < 4.78 is 0. The second-order valence-electron chi connectivity index (χ2n) is 3.56. The first kappa shape index (κ1) is 8.75. The molecule has 1 rings (SSSR count). The Balaban J connectivity index is 2.35. The van der Waals surface area contributed by atoms with Gasteiger partial charge in [-0.25, -0.2) is 0 Å². The molecule has 0 saturated heterocycles. The minimum Gasteiger partial charge on any atom is -0.328 e. The summed E-state index contributed by atoms with van der Waals surface area (Å²) in [6, 6.07) is 0.324. The second kappa shape index (κ2) is 3.88. The van der Waals surface area contributed by atoms with Crippen LogP contribution in [0.25, 0.3) is 0 Å². The Morgan fingerprint density at radius 1 is 1.73 bits per heavy atom. The van der Waals surface area contributed by atoms with Gasteiger partial charge in [-0.05, 0) is 26.8 Å². The summed E-state index contributed by atoms with van der Waals surface area (Å²) in [4.78, 5) is 2.32. The van der Waals surface area contributed by atoms with E-state index in [1.165, 1.54) is 18.5 Å². The molecule has 0 saturated carbocycles. The fourth-order valence-corrected chi connectivity index (χ4v) is 1.41. The van der Waals surface area contributed by atoms with Gasteiger partial charge in [-0.1, -0.05) is 11.6 Å². The number of rotatable bonds is 2. The van der Waals surface area contributed by atoms with E-state index in [0.29, 0.717) is 6.04 Å². The molecule has 1 unspecified atom stereocenters. The van der Waals surface area contributed by atoms with Gasteiger partial charge in [0.2, 0.25) is 0 Å². The van der Waals surface area contributed by atoms with Crippen LogP contribution in [0.5, 0.6) is 0 Å². The smallest absolute Gasteiger partial charge is 0.0162 e. The molecule has 0 amide bonds. The van der Waals surface area contributed by atoms with Crippen LogP contribution in [0.2, 0.25) is 0 Å². The zero-order chi connectivity index (χ0) is 8.27. The lowest BCUT2D eigenvalue weighted by molar-refractivity contribution is 0.355. The van der Waals surface area contributed by atoms with Gasteiger partial charge in [-0.3, -0.25) is 0 Å². The Kier molecular flexibility index (Phi) is 3.09. The molecule has 2 heteroatoms. The Labute approximate surface area is 69.1 Å². The van der Waals surface area contributed by atoms with Crippen molar-refractivity contribution in [1.82, 2.24) is 4.90 Å². The van der Waals surface area contributed by atoms with Crippen LogP contribution in [0.3, 0.4) is 0 Å². The van der Waals surface area contributed by atoms with Crippen LogP contribution in [0.1, 0.15) is 19.8 Å². The largest absolute Gasteiger partial charge is 0.328 e. The summed E-state index contributed by atoms with van der Waals surface area (Å²) >= 11 is 0. The van der Waals surface area contributed by atoms with Crippen molar-refractivity contribution < 1.29 is 0 Å². The highest BCUT2D eigenvalue weighted by Crippen LogP contribution is 2.13. The molecule has 2 N–H and O–H groups in total. The van der Waals surface area contributed by atoms with Gasteiger partial charge >= 0.3 is 0 Å². The Morgan fingerprint density at radius 3 is 2.91 bits per heavy atom. The molecule has 1 aliphatic heterocycles. The molecule has 0 aromatic carbocycles. The molecule has 1 atom stereocenters. The molecule has 0 aliphatic carbocycles. The third-order valence-corrected chi connectivity index (χ3v) is 2.09. The highest BCUT2D eigenvalue weighted by atomic mass is 15.1. The van der Waals surface area contributed by atoms with Gasteiger partial charge in [0.25, 0.3) is 0 Å². The molecular weight excluding hydrogens is 136 g/mol. The van der Waals surface area contributed by atoms with Crippen molar-refractivity contribution in [2.45, 2.75) is 25.8 Å². The maximum absolute atomic E-state index is 5.70. The average molecular weight is 154 g/mol. The molecule has 0 spiro atoms. The van der Waals surface area contributed by atoms with E-state index in [1.54, 1.807) is 0 Å². The van der Waals surface area contributed by atoms with Crippen molar-refractivity contribution >= 4 is 0 Å². The number of hydrogen-bond donors (Lipinski definition) is 1.